The Morgan fingerprint density at radius 3 is 3.00 bits per heavy atom. The molecule has 1 atom stereocenters. The van der Waals surface area contributed by atoms with Crippen molar-refractivity contribution in [3.05, 3.63) is 21.3 Å². The molecule has 1 aliphatic heterocycles. The Morgan fingerprint density at radius 2 is 2.50 bits per heavy atom. The van der Waals surface area contributed by atoms with Gasteiger partial charge in [-0.05, 0) is 30.8 Å². The number of halogens is 1. The minimum Gasteiger partial charge on any atom is -0.396 e. The van der Waals surface area contributed by atoms with Crippen molar-refractivity contribution >= 4 is 22.9 Å². The SMILES string of the molecule is OCC1(Cc2sccc2Cl)CCNC1. The lowest BCUT2D eigenvalue weighted by molar-refractivity contribution is 0.143. The predicted molar refractivity (Wildman–Crippen MR) is 60.0 cm³/mol. The van der Waals surface area contributed by atoms with Crippen LogP contribution in [-0.2, 0) is 6.42 Å². The zero-order valence-electron chi connectivity index (χ0n) is 7.92. The number of rotatable bonds is 3. The third-order valence-electron chi connectivity index (χ3n) is 2.89. The Balaban J connectivity index is 2.12. The summed E-state index contributed by atoms with van der Waals surface area (Å²) >= 11 is 7.73. The van der Waals surface area contributed by atoms with E-state index in [1.165, 1.54) is 4.88 Å². The van der Waals surface area contributed by atoms with Crippen LogP contribution in [0.4, 0.5) is 0 Å². The van der Waals surface area contributed by atoms with E-state index in [0.717, 1.165) is 31.0 Å². The van der Waals surface area contributed by atoms with Gasteiger partial charge in [0.2, 0.25) is 0 Å². The fourth-order valence-corrected chi connectivity index (χ4v) is 3.21. The molecule has 2 nitrogen and oxygen atoms in total. The third kappa shape index (κ3) is 1.96. The zero-order valence-corrected chi connectivity index (χ0v) is 9.50. The summed E-state index contributed by atoms with van der Waals surface area (Å²) in [6.07, 6.45) is 1.94. The number of nitrogens with one attached hydrogen (secondary N) is 1. The highest BCUT2D eigenvalue weighted by Gasteiger charge is 2.34. The van der Waals surface area contributed by atoms with Gasteiger partial charge in [-0.15, -0.1) is 11.3 Å². The van der Waals surface area contributed by atoms with Gasteiger partial charge in [0.25, 0.3) is 0 Å². The van der Waals surface area contributed by atoms with Gasteiger partial charge in [0.05, 0.1) is 11.6 Å². The van der Waals surface area contributed by atoms with Crippen molar-refractivity contribution < 1.29 is 5.11 Å². The van der Waals surface area contributed by atoms with Gasteiger partial charge in [0.15, 0.2) is 0 Å². The van der Waals surface area contributed by atoms with E-state index >= 15 is 0 Å². The summed E-state index contributed by atoms with van der Waals surface area (Å²) in [5.41, 5.74) is 0.0223. The molecule has 1 aromatic rings. The van der Waals surface area contributed by atoms with Gasteiger partial charge in [-0.3, -0.25) is 0 Å². The maximum Gasteiger partial charge on any atom is 0.0545 e. The Labute approximate surface area is 92.9 Å². The maximum atomic E-state index is 9.43. The van der Waals surface area contributed by atoms with E-state index in [0.29, 0.717) is 0 Å². The fourth-order valence-electron chi connectivity index (χ4n) is 1.93. The molecule has 1 unspecified atom stereocenters. The van der Waals surface area contributed by atoms with E-state index in [9.17, 15) is 5.11 Å². The summed E-state index contributed by atoms with van der Waals surface area (Å²) in [5, 5.41) is 15.6. The summed E-state index contributed by atoms with van der Waals surface area (Å²) in [6, 6.07) is 1.93. The van der Waals surface area contributed by atoms with Crippen molar-refractivity contribution in [1.29, 1.82) is 0 Å². The van der Waals surface area contributed by atoms with E-state index in [1.807, 2.05) is 11.4 Å². The first-order valence-corrected chi connectivity index (χ1v) is 6.05. The molecule has 2 heterocycles. The second kappa shape index (κ2) is 4.19. The lowest BCUT2D eigenvalue weighted by Crippen LogP contribution is -2.30. The van der Waals surface area contributed by atoms with E-state index in [2.05, 4.69) is 5.32 Å². The first-order chi connectivity index (χ1) is 6.76. The standard InChI is InChI=1S/C10H14ClNOS/c11-8-1-4-14-9(8)5-10(7-13)2-3-12-6-10/h1,4,12-13H,2-3,5-7H2. The second-order valence-corrected chi connectivity index (χ2v) is 5.36. The van der Waals surface area contributed by atoms with E-state index in [4.69, 9.17) is 11.6 Å². The molecule has 1 aliphatic rings. The van der Waals surface area contributed by atoms with Crippen LogP contribution in [0.15, 0.2) is 11.4 Å². The Kier molecular flexibility index (Phi) is 3.12. The van der Waals surface area contributed by atoms with Gasteiger partial charge in [-0.2, -0.15) is 0 Å². The van der Waals surface area contributed by atoms with E-state index in [-0.39, 0.29) is 12.0 Å². The van der Waals surface area contributed by atoms with Crippen molar-refractivity contribution in [1.82, 2.24) is 5.32 Å². The fraction of sp³-hybridized carbons (Fsp3) is 0.600. The quantitative estimate of drug-likeness (QED) is 0.833. The van der Waals surface area contributed by atoms with Crippen LogP contribution < -0.4 is 5.32 Å². The van der Waals surface area contributed by atoms with Crippen LogP contribution in [0.3, 0.4) is 0 Å². The van der Waals surface area contributed by atoms with Gasteiger partial charge in [0, 0.05) is 16.8 Å². The van der Waals surface area contributed by atoms with Gasteiger partial charge >= 0.3 is 0 Å². The highest BCUT2D eigenvalue weighted by Crippen LogP contribution is 2.34. The zero-order chi connectivity index (χ0) is 10.0. The van der Waals surface area contributed by atoms with Crippen LogP contribution in [0.1, 0.15) is 11.3 Å². The van der Waals surface area contributed by atoms with Crippen LogP contribution >= 0.6 is 22.9 Å². The molecule has 1 aromatic heterocycles. The average molecular weight is 232 g/mol. The number of thiophene rings is 1. The average Bonchev–Trinajstić information content (AvgIpc) is 2.79. The summed E-state index contributed by atoms with van der Waals surface area (Å²) < 4.78 is 0. The first kappa shape index (κ1) is 10.4. The molecule has 0 spiro atoms. The van der Waals surface area contributed by atoms with Crippen molar-refractivity contribution in [2.75, 3.05) is 19.7 Å². The Morgan fingerprint density at radius 1 is 1.64 bits per heavy atom. The van der Waals surface area contributed by atoms with E-state index in [1.54, 1.807) is 11.3 Å². The smallest absolute Gasteiger partial charge is 0.0545 e. The monoisotopic (exact) mass is 231 g/mol. The summed E-state index contributed by atoms with van der Waals surface area (Å²) in [5.74, 6) is 0. The van der Waals surface area contributed by atoms with Crippen molar-refractivity contribution in [2.24, 2.45) is 5.41 Å². The molecule has 14 heavy (non-hydrogen) atoms. The molecule has 2 N–H and O–H groups in total. The molecule has 0 aliphatic carbocycles. The van der Waals surface area contributed by atoms with Gasteiger partial charge in [0.1, 0.15) is 0 Å². The van der Waals surface area contributed by atoms with Crippen molar-refractivity contribution in [3.8, 4) is 0 Å². The minimum atomic E-state index is 0.0223. The number of hydrogen-bond donors (Lipinski definition) is 2. The van der Waals surface area contributed by atoms with Gasteiger partial charge in [-0.1, -0.05) is 11.6 Å². The van der Waals surface area contributed by atoms with Gasteiger partial charge in [-0.25, -0.2) is 0 Å². The number of aliphatic hydroxyl groups is 1. The molecular weight excluding hydrogens is 218 g/mol. The number of hydrogen-bond acceptors (Lipinski definition) is 3. The Hall–Kier alpha value is -0.0900. The Bertz CT molecular complexity index is 307. The van der Waals surface area contributed by atoms with Crippen LogP contribution in [-0.4, -0.2) is 24.8 Å². The minimum absolute atomic E-state index is 0.0223. The summed E-state index contributed by atoms with van der Waals surface area (Å²) in [7, 11) is 0. The molecule has 0 saturated carbocycles. The van der Waals surface area contributed by atoms with Crippen LogP contribution in [0.5, 0.6) is 0 Å². The molecule has 0 bridgehead atoms. The van der Waals surface area contributed by atoms with E-state index < -0.39 is 0 Å². The van der Waals surface area contributed by atoms with Gasteiger partial charge < -0.3 is 10.4 Å². The maximum absolute atomic E-state index is 9.43. The topological polar surface area (TPSA) is 32.3 Å². The molecule has 78 valence electrons. The largest absolute Gasteiger partial charge is 0.396 e. The highest BCUT2D eigenvalue weighted by molar-refractivity contribution is 7.10. The molecule has 0 aromatic carbocycles. The predicted octanol–water partition coefficient (Wildman–Crippen LogP) is 1.92. The lowest BCUT2D eigenvalue weighted by Gasteiger charge is -2.24. The number of aliphatic hydroxyl groups excluding tert-OH is 1. The lowest BCUT2D eigenvalue weighted by atomic mass is 9.84. The van der Waals surface area contributed by atoms with Crippen LogP contribution in [0.2, 0.25) is 5.02 Å². The normalized spacial score (nSPS) is 27.0. The van der Waals surface area contributed by atoms with Crippen molar-refractivity contribution in [2.45, 2.75) is 12.8 Å². The summed E-state index contributed by atoms with van der Waals surface area (Å²) in [6.45, 7) is 2.15. The van der Waals surface area contributed by atoms with Crippen LogP contribution in [0, 0.1) is 5.41 Å². The molecule has 0 radical (unpaired) electrons. The highest BCUT2D eigenvalue weighted by atomic mass is 35.5. The third-order valence-corrected chi connectivity index (χ3v) is 4.28. The summed E-state index contributed by atoms with van der Waals surface area (Å²) in [4.78, 5) is 1.20. The molecule has 4 heteroatoms. The molecule has 2 rings (SSSR count). The van der Waals surface area contributed by atoms with Crippen LogP contribution in [0.25, 0.3) is 0 Å². The molecule has 0 amide bonds. The molecular formula is C10H14ClNOS. The molecule has 1 saturated heterocycles. The second-order valence-electron chi connectivity index (χ2n) is 3.95. The molecule has 1 fully saturated rings. The first-order valence-electron chi connectivity index (χ1n) is 4.79. The van der Waals surface area contributed by atoms with Crippen molar-refractivity contribution in [3.63, 3.8) is 0 Å².